The van der Waals surface area contributed by atoms with Gasteiger partial charge < -0.3 is 5.32 Å². The van der Waals surface area contributed by atoms with Gasteiger partial charge in [-0.1, -0.05) is 55.1 Å². The molecule has 0 aromatic heterocycles. The van der Waals surface area contributed by atoms with Gasteiger partial charge >= 0.3 is 0 Å². The number of carbonyl (C=O) groups excluding carboxylic acids is 3. The van der Waals surface area contributed by atoms with E-state index in [2.05, 4.69) is 5.32 Å². The lowest BCUT2D eigenvalue weighted by atomic mass is 10.1. The molecule has 3 amide bonds. The highest BCUT2D eigenvalue weighted by molar-refractivity contribution is 6.43. The summed E-state index contributed by atoms with van der Waals surface area (Å²) in [7, 11) is 0. The molecule has 0 aliphatic carbocycles. The van der Waals surface area contributed by atoms with Gasteiger partial charge in [0.25, 0.3) is 11.8 Å². The van der Waals surface area contributed by atoms with Crippen LogP contribution in [0.2, 0.25) is 10.0 Å². The number of hydrogen-bond acceptors (Lipinski definition) is 3. The number of nitrogens with one attached hydrogen (secondary N) is 1. The molecule has 7 heteroatoms. The summed E-state index contributed by atoms with van der Waals surface area (Å²) in [4.78, 5) is 40.1. The fourth-order valence-corrected chi connectivity index (χ4v) is 3.72. The molecular formula is C22H22Cl2N2O3. The van der Waals surface area contributed by atoms with E-state index in [9.17, 15) is 14.4 Å². The van der Waals surface area contributed by atoms with E-state index in [1.165, 1.54) is 12.1 Å². The Labute approximate surface area is 180 Å². The fraction of sp³-hybridized carbons (Fsp3) is 0.318. The van der Waals surface area contributed by atoms with E-state index < -0.39 is 17.9 Å². The van der Waals surface area contributed by atoms with Crippen LogP contribution in [0, 0.1) is 13.8 Å². The molecule has 152 valence electrons. The second-order valence-corrected chi connectivity index (χ2v) is 8.07. The van der Waals surface area contributed by atoms with Gasteiger partial charge in [0.15, 0.2) is 0 Å². The molecule has 0 fully saturated rings. The Kier molecular flexibility index (Phi) is 6.30. The molecule has 1 aliphatic rings. The van der Waals surface area contributed by atoms with Crippen molar-refractivity contribution in [2.45, 2.75) is 46.1 Å². The van der Waals surface area contributed by atoms with Crippen LogP contribution in [0.4, 0.5) is 5.69 Å². The van der Waals surface area contributed by atoms with Crippen molar-refractivity contribution in [3.8, 4) is 0 Å². The van der Waals surface area contributed by atoms with E-state index in [4.69, 9.17) is 23.2 Å². The zero-order valence-electron chi connectivity index (χ0n) is 16.5. The van der Waals surface area contributed by atoms with Crippen LogP contribution in [0.3, 0.4) is 0 Å². The van der Waals surface area contributed by atoms with Crippen molar-refractivity contribution in [2.24, 2.45) is 0 Å². The van der Waals surface area contributed by atoms with Crippen LogP contribution in [0.5, 0.6) is 0 Å². The first kappa shape index (κ1) is 21.3. The number of unbranched alkanes of at least 4 members (excludes halogenated alkanes) is 1. The highest BCUT2D eigenvalue weighted by Gasteiger charge is 2.43. The molecule has 1 heterocycles. The van der Waals surface area contributed by atoms with Gasteiger partial charge in [-0.15, -0.1) is 0 Å². The summed E-state index contributed by atoms with van der Waals surface area (Å²) < 4.78 is 0. The number of fused-ring (bicyclic) bond motifs is 1. The molecule has 2 aromatic rings. The van der Waals surface area contributed by atoms with E-state index in [0.717, 1.165) is 22.4 Å². The fourth-order valence-electron chi connectivity index (χ4n) is 3.40. The Morgan fingerprint density at radius 1 is 1.03 bits per heavy atom. The number of amides is 3. The van der Waals surface area contributed by atoms with Crippen LogP contribution >= 0.6 is 23.2 Å². The molecule has 3 rings (SSSR count). The van der Waals surface area contributed by atoms with Crippen molar-refractivity contribution in [1.29, 1.82) is 0 Å². The van der Waals surface area contributed by atoms with Gasteiger partial charge in [0, 0.05) is 5.69 Å². The number of rotatable bonds is 6. The molecule has 5 nitrogen and oxygen atoms in total. The molecule has 0 spiro atoms. The number of benzene rings is 2. The van der Waals surface area contributed by atoms with Crippen molar-refractivity contribution in [1.82, 2.24) is 4.90 Å². The van der Waals surface area contributed by atoms with Crippen LogP contribution in [0.25, 0.3) is 0 Å². The number of imide groups is 1. The Hall–Kier alpha value is -2.37. The Morgan fingerprint density at radius 3 is 2.17 bits per heavy atom. The third kappa shape index (κ3) is 4.16. The van der Waals surface area contributed by atoms with Gasteiger partial charge in [0.2, 0.25) is 5.91 Å². The topological polar surface area (TPSA) is 66.5 Å². The van der Waals surface area contributed by atoms with Gasteiger partial charge in [0.05, 0.1) is 21.2 Å². The third-order valence-corrected chi connectivity index (χ3v) is 5.78. The Bertz CT molecular complexity index is 963. The molecule has 0 saturated heterocycles. The summed E-state index contributed by atoms with van der Waals surface area (Å²) in [6.07, 6.45) is 1.90. The predicted molar refractivity (Wildman–Crippen MR) is 115 cm³/mol. The SMILES string of the molecule is CCCC[C@H](C(=O)Nc1cc(C)ccc1C)N1C(=O)c2cc(Cl)c(Cl)cc2C1=O. The van der Waals surface area contributed by atoms with Gasteiger partial charge in [-0.25, -0.2) is 0 Å². The first-order chi connectivity index (χ1) is 13.7. The molecule has 29 heavy (non-hydrogen) atoms. The summed E-state index contributed by atoms with van der Waals surface area (Å²) in [5, 5.41) is 3.28. The Balaban J connectivity index is 1.94. The van der Waals surface area contributed by atoms with Crippen LogP contribution < -0.4 is 5.32 Å². The van der Waals surface area contributed by atoms with E-state index in [0.29, 0.717) is 18.5 Å². The van der Waals surface area contributed by atoms with Crippen LogP contribution in [0.15, 0.2) is 30.3 Å². The van der Waals surface area contributed by atoms with Crippen LogP contribution in [-0.4, -0.2) is 28.7 Å². The maximum absolute atomic E-state index is 13.1. The smallest absolute Gasteiger partial charge is 0.262 e. The van der Waals surface area contributed by atoms with E-state index >= 15 is 0 Å². The first-order valence-corrected chi connectivity index (χ1v) is 10.2. The zero-order chi connectivity index (χ0) is 21.3. The second kappa shape index (κ2) is 8.56. The number of hydrogen-bond donors (Lipinski definition) is 1. The molecular weight excluding hydrogens is 411 g/mol. The summed E-state index contributed by atoms with van der Waals surface area (Å²) >= 11 is 12.1. The van der Waals surface area contributed by atoms with Crippen molar-refractivity contribution in [3.63, 3.8) is 0 Å². The lowest BCUT2D eigenvalue weighted by Crippen LogP contribution is -2.47. The summed E-state index contributed by atoms with van der Waals surface area (Å²) in [6, 6.07) is 7.60. The number of nitrogens with zero attached hydrogens (tertiary/aromatic N) is 1. The number of carbonyl (C=O) groups is 3. The number of halogens is 2. The lowest BCUT2D eigenvalue weighted by molar-refractivity contribution is -0.120. The van der Waals surface area contributed by atoms with Crippen molar-refractivity contribution >= 4 is 46.6 Å². The molecule has 1 atom stereocenters. The third-order valence-electron chi connectivity index (χ3n) is 5.06. The van der Waals surface area contributed by atoms with Gasteiger partial charge in [-0.05, 0) is 49.6 Å². The van der Waals surface area contributed by atoms with Crippen LogP contribution in [-0.2, 0) is 4.79 Å². The lowest BCUT2D eigenvalue weighted by Gasteiger charge is -2.25. The summed E-state index contributed by atoms with van der Waals surface area (Å²) in [5.41, 5.74) is 2.91. The number of aryl methyl sites for hydroxylation is 2. The average Bonchev–Trinajstić information content (AvgIpc) is 2.90. The molecule has 0 radical (unpaired) electrons. The monoisotopic (exact) mass is 432 g/mol. The largest absolute Gasteiger partial charge is 0.324 e. The minimum atomic E-state index is -0.917. The highest BCUT2D eigenvalue weighted by Crippen LogP contribution is 2.33. The molecule has 0 bridgehead atoms. The van der Waals surface area contributed by atoms with Crippen molar-refractivity contribution in [3.05, 3.63) is 62.6 Å². The maximum Gasteiger partial charge on any atom is 0.262 e. The quantitative estimate of drug-likeness (QED) is 0.620. The van der Waals surface area contributed by atoms with E-state index in [-0.39, 0.29) is 27.1 Å². The molecule has 2 aromatic carbocycles. The average molecular weight is 433 g/mol. The number of anilines is 1. The van der Waals surface area contributed by atoms with Gasteiger partial charge in [0.1, 0.15) is 6.04 Å². The normalized spacial score (nSPS) is 14.2. The van der Waals surface area contributed by atoms with Crippen molar-refractivity contribution < 1.29 is 14.4 Å². The standard InChI is InChI=1S/C22H22Cl2N2O3/c1-4-5-6-19(20(27)25-18-9-12(2)7-8-13(18)3)26-21(28)14-10-16(23)17(24)11-15(14)22(26)29/h7-11,19H,4-6H2,1-3H3,(H,25,27)/t19-/m1/s1. The molecule has 1 N–H and O–H groups in total. The van der Waals surface area contributed by atoms with Crippen LogP contribution in [0.1, 0.15) is 58.0 Å². The highest BCUT2D eigenvalue weighted by atomic mass is 35.5. The van der Waals surface area contributed by atoms with E-state index in [1.807, 2.05) is 39.0 Å². The predicted octanol–water partition coefficient (Wildman–Crippen LogP) is 5.40. The summed E-state index contributed by atoms with van der Waals surface area (Å²) in [6.45, 7) is 5.81. The minimum absolute atomic E-state index is 0.172. The zero-order valence-corrected chi connectivity index (χ0v) is 18.0. The minimum Gasteiger partial charge on any atom is -0.324 e. The maximum atomic E-state index is 13.1. The molecule has 1 aliphatic heterocycles. The van der Waals surface area contributed by atoms with Crippen molar-refractivity contribution in [2.75, 3.05) is 5.32 Å². The second-order valence-electron chi connectivity index (χ2n) is 7.26. The van der Waals surface area contributed by atoms with E-state index in [1.54, 1.807) is 0 Å². The Morgan fingerprint density at radius 2 is 1.62 bits per heavy atom. The van der Waals surface area contributed by atoms with Gasteiger partial charge in [-0.2, -0.15) is 0 Å². The van der Waals surface area contributed by atoms with Gasteiger partial charge in [-0.3, -0.25) is 19.3 Å². The molecule has 0 saturated carbocycles. The summed E-state index contributed by atoms with van der Waals surface area (Å²) in [5.74, 6) is -1.44. The first-order valence-electron chi connectivity index (χ1n) is 9.49. The molecule has 0 unspecified atom stereocenters.